The predicted molar refractivity (Wildman–Crippen MR) is 128 cm³/mol. The number of hydrogen-bond donors (Lipinski definition) is 2. The molecule has 164 valence electrons. The minimum absolute atomic E-state index is 0.0922. The SMILES string of the molecule is O=C(CCCn1cnc2ccccc2c1=O)NC(c1ccccc1)c1nc2ccccc2[nH]1. The molecule has 5 aromatic rings. The Bertz CT molecular complexity index is 1440. The van der Waals surface area contributed by atoms with Gasteiger partial charge in [-0.15, -0.1) is 0 Å². The standard InChI is InChI=1S/C26H23N5O2/c32-23(15-8-16-31-17-27-20-12-5-4-11-19(20)26(31)33)30-24(18-9-2-1-3-10-18)25-28-21-13-6-7-14-22(21)29-25/h1-7,9-14,17,24H,8,15-16H2,(H,28,29)(H,30,32). The summed E-state index contributed by atoms with van der Waals surface area (Å²) in [6.45, 7) is 0.421. The summed E-state index contributed by atoms with van der Waals surface area (Å²) >= 11 is 0. The van der Waals surface area contributed by atoms with E-state index in [1.807, 2.05) is 72.8 Å². The van der Waals surface area contributed by atoms with Gasteiger partial charge in [0, 0.05) is 13.0 Å². The monoisotopic (exact) mass is 437 g/mol. The van der Waals surface area contributed by atoms with Crippen LogP contribution in [0.25, 0.3) is 21.9 Å². The van der Waals surface area contributed by atoms with Crippen molar-refractivity contribution in [2.24, 2.45) is 0 Å². The molecule has 0 radical (unpaired) electrons. The molecule has 2 heterocycles. The van der Waals surface area contributed by atoms with Crippen LogP contribution in [-0.2, 0) is 11.3 Å². The smallest absolute Gasteiger partial charge is 0.261 e. The zero-order valence-electron chi connectivity index (χ0n) is 17.9. The lowest BCUT2D eigenvalue weighted by atomic mass is 10.1. The van der Waals surface area contributed by atoms with E-state index < -0.39 is 6.04 Å². The summed E-state index contributed by atoms with van der Waals surface area (Å²) in [7, 11) is 0. The van der Waals surface area contributed by atoms with E-state index in [-0.39, 0.29) is 17.9 Å². The number of aromatic amines is 1. The Hall–Kier alpha value is -4.26. The highest BCUT2D eigenvalue weighted by Gasteiger charge is 2.20. The molecule has 3 aromatic carbocycles. The molecule has 0 saturated heterocycles. The Labute approximate surface area is 190 Å². The lowest BCUT2D eigenvalue weighted by Crippen LogP contribution is -2.30. The average Bonchev–Trinajstić information content (AvgIpc) is 3.29. The van der Waals surface area contributed by atoms with Crippen molar-refractivity contribution in [1.82, 2.24) is 24.8 Å². The molecule has 0 bridgehead atoms. The first-order valence-electron chi connectivity index (χ1n) is 10.9. The van der Waals surface area contributed by atoms with Crippen LogP contribution in [-0.4, -0.2) is 25.4 Å². The van der Waals surface area contributed by atoms with Gasteiger partial charge in [0.1, 0.15) is 11.9 Å². The van der Waals surface area contributed by atoms with Crippen molar-refractivity contribution in [2.75, 3.05) is 0 Å². The number of rotatable bonds is 7. The lowest BCUT2D eigenvalue weighted by molar-refractivity contribution is -0.121. The maximum Gasteiger partial charge on any atom is 0.261 e. The molecule has 1 amide bonds. The maximum absolute atomic E-state index is 12.8. The second-order valence-electron chi connectivity index (χ2n) is 7.91. The van der Waals surface area contributed by atoms with Crippen molar-refractivity contribution in [3.05, 3.63) is 107 Å². The molecule has 0 fully saturated rings. The van der Waals surface area contributed by atoms with Gasteiger partial charge in [0.2, 0.25) is 5.91 Å². The van der Waals surface area contributed by atoms with E-state index in [0.717, 1.165) is 16.6 Å². The quantitative estimate of drug-likeness (QED) is 0.403. The largest absolute Gasteiger partial charge is 0.342 e. The van der Waals surface area contributed by atoms with Gasteiger partial charge in [-0.25, -0.2) is 9.97 Å². The van der Waals surface area contributed by atoms with Gasteiger partial charge in [-0.2, -0.15) is 0 Å². The molecule has 33 heavy (non-hydrogen) atoms. The number of aryl methyl sites for hydroxylation is 1. The van der Waals surface area contributed by atoms with Crippen LogP contribution in [0.3, 0.4) is 0 Å². The topological polar surface area (TPSA) is 92.7 Å². The summed E-state index contributed by atoms with van der Waals surface area (Å²) in [5.41, 5.74) is 3.30. The number of benzene rings is 3. The van der Waals surface area contributed by atoms with E-state index in [1.54, 1.807) is 17.0 Å². The number of H-pyrrole nitrogens is 1. The molecule has 0 aliphatic heterocycles. The Kier molecular flexibility index (Phi) is 5.68. The molecular formula is C26H23N5O2. The van der Waals surface area contributed by atoms with Gasteiger partial charge in [-0.05, 0) is 36.2 Å². The molecule has 2 aromatic heterocycles. The highest BCUT2D eigenvalue weighted by Crippen LogP contribution is 2.22. The van der Waals surface area contributed by atoms with Crippen LogP contribution in [0.15, 0.2) is 90.0 Å². The van der Waals surface area contributed by atoms with E-state index in [1.165, 1.54) is 0 Å². The van der Waals surface area contributed by atoms with E-state index in [0.29, 0.717) is 29.7 Å². The van der Waals surface area contributed by atoms with Gasteiger partial charge in [0.25, 0.3) is 5.56 Å². The molecule has 2 N–H and O–H groups in total. The number of nitrogens with one attached hydrogen (secondary N) is 2. The molecular weight excluding hydrogens is 414 g/mol. The fraction of sp³-hybridized carbons (Fsp3) is 0.154. The molecule has 7 nitrogen and oxygen atoms in total. The molecule has 0 saturated carbocycles. The van der Waals surface area contributed by atoms with Crippen LogP contribution in [0.1, 0.15) is 30.3 Å². The van der Waals surface area contributed by atoms with Gasteiger partial charge in [-0.3, -0.25) is 14.2 Å². The van der Waals surface area contributed by atoms with E-state index in [2.05, 4.69) is 20.3 Å². The molecule has 0 aliphatic carbocycles. The number of para-hydroxylation sites is 3. The Morgan fingerprint density at radius 1 is 0.939 bits per heavy atom. The van der Waals surface area contributed by atoms with Crippen molar-refractivity contribution in [3.63, 3.8) is 0 Å². The maximum atomic E-state index is 12.8. The van der Waals surface area contributed by atoms with Crippen molar-refractivity contribution < 1.29 is 4.79 Å². The zero-order chi connectivity index (χ0) is 22.6. The first-order chi connectivity index (χ1) is 16.2. The third-order valence-electron chi connectivity index (χ3n) is 5.65. The summed E-state index contributed by atoms with van der Waals surface area (Å²) in [6, 6.07) is 24.4. The Morgan fingerprint density at radius 3 is 2.48 bits per heavy atom. The van der Waals surface area contributed by atoms with Gasteiger partial charge >= 0.3 is 0 Å². The van der Waals surface area contributed by atoms with E-state index in [9.17, 15) is 9.59 Å². The number of amides is 1. The van der Waals surface area contributed by atoms with E-state index >= 15 is 0 Å². The van der Waals surface area contributed by atoms with Crippen LogP contribution in [0.2, 0.25) is 0 Å². The van der Waals surface area contributed by atoms with Gasteiger partial charge < -0.3 is 10.3 Å². The fourth-order valence-corrected chi connectivity index (χ4v) is 3.97. The van der Waals surface area contributed by atoms with Gasteiger partial charge in [0.05, 0.1) is 28.3 Å². The van der Waals surface area contributed by atoms with Crippen LogP contribution in [0.4, 0.5) is 0 Å². The van der Waals surface area contributed by atoms with Crippen molar-refractivity contribution >= 4 is 27.8 Å². The summed E-state index contributed by atoms with van der Waals surface area (Å²) in [5, 5.41) is 3.69. The van der Waals surface area contributed by atoms with Crippen molar-refractivity contribution in [1.29, 1.82) is 0 Å². The third-order valence-corrected chi connectivity index (χ3v) is 5.65. The first kappa shape index (κ1) is 20.6. The zero-order valence-corrected chi connectivity index (χ0v) is 17.9. The number of carbonyl (C=O) groups excluding carboxylic acids is 1. The second-order valence-corrected chi connectivity index (χ2v) is 7.91. The Morgan fingerprint density at radius 2 is 1.67 bits per heavy atom. The van der Waals surface area contributed by atoms with Crippen molar-refractivity contribution in [2.45, 2.75) is 25.4 Å². The number of hydrogen-bond acceptors (Lipinski definition) is 4. The molecule has 1 atom stereocenters. The van der Waals surface area contributed by atoms with E-state index in [4.69, 9.17) is 0 Å². The second kappa shape index (κ2) is 9.08. The number of nitrogens with zero attached hydrogens (tertiary/aromatic N) is 3. The minimum atomic E-state index is -0.392. The average molecular weight is 438 g/mol. The highest BCUT2D eigenvalue weighted by molar-refractivity contribution is 5.78. The lowest BCUT2D eigenvalue weighted by Gasteiger charge is -2.17. The first-order valence-corrected chi connectivity index (χ1v) is 10.9. The summed E-state index contributed by atoms with van der Waals surface area (Å²) < 4.78 is 1.56. The van der Waals surface area contributed by atoms with Crippen molar-refractivity contribution in [3.8, 4) is 0 Å². The van der Waals surface area contributed by atoms with Gasteiger partial charge in [0.15, 0.2) is 0 Å². The molecule has 1 unspecified atom stereocenters. The fourth-order valence-electron chi connectivity index (χ4n) is 3.97. The third kappa shape index (κ3) is 4.39. The number of imidazole rings is 1. The summed E-state index contributed by atoms with van der Waals surface area (Å²) in [6.07, 6.45) is 2.35. The molecule has 0 spiro atoms. The highest BCUT2D eigenvalue weighted by atomic mass is 16.1. The molecule has 5 rings (SSSR count). The van der Waals surface area contributed by atoms with Crippen LogP contribution < -0.4 is 10.9 Å². The predicted octanol–water partition coefficient (Wildman–Crippen LogP) is 3.96. The summed E-state index contributed by atoms with van der Waals surface area (Å²) in [5.74, 6) is 0.580. The number of carbonyl (C=O) groups is 1. The summed E-state index contributed by atoms with van der Waals surface area (Å²) in [4.78, 5) is 37.8. The van der Waals surface area contributed by atoms with Crippen LogP contribution >= 0.6 is 0 Å². The van der Waals surface area contributed by atoms with Crippen LogP contribution in [0.5, 0.6) is 0 Å². The Balaban J connectivity index is 1.30. The normalized spacial score (nSPS) is 12.1. The molecule has 7 heteroatoms. The van der Waals surface area contributed by atoms with Crippen LogP contribution in [0, 0.1) is 0 Å². The minimum Gasteiger partial charge on any atom is -0.342 e. The van der Waals surface area contributed by atoms with Gasteiger partial charge in [-0.1, -0.05) is 54.6 Å². The molecule has 0 aliphatic rings. The number of fused-ring (bicyclic) bond motifs is 2. The number of aromatic nitrogens is 4.